The van der Waals surface area contributed by atoms with Crippen LogP contribution in [0.3, 0.4) is 0 Å². The molecule has 3 nitrogen and oxygen atoms in total. The zero-order valence-corrected chi connectivity index (χ0v) is 10.1. The van der Waals surface area contributed by atoms with Crippen molar-refractivity contribution in [1.82, 2.24) is 10.6 Å². The standard InChI is InChI=1S/C12H24N2O/c1-3-6-12(7-8-12)10-14-11(15)5-4-9-13-2/h13H,3-10H2,1-2H3,(H,14,15). The molecule has 2 N–H and O–H groups in total. The summed E-state index contributed by atoms with van der Waals surface area (Å²) in [6.07, 6.45) is 6.70. The van der Waals surface area contributed by atoms with E-state index in [0.717, 1.165) is 19.5 Å². The first-order chi connectivity index (χ1) is 7.22. The molecular formula is C12H24N2O. The molecule has 88 valence electrons. The molecule has 0 spiro atoms. The Bertz CT molecular complexity index is 200. The van der Waals surface area contributed by atoms with Crippen molar-refractivity contribution in [3.8, 4) is 0 Å². The SMILES string of the molecule is CCCC1(CNC(=O)CCCNC)CC1. The number of carbonyl (C=O) groups is 1. The van der Waals surface area contributed by atoms with Gasteiger partial charge in [0, 0.05) is 13.0 Å². The predicted molar refractivity (Wildman–Crippen MR) is 62.7 cm³/mol. The fourth-order valence-corrected chi connectivity index (χ4v) is 2.02. The third-order valence-corrected chi connectivity index (χ3v) is 3.23. The van der Waals surface area contributed by atoms with Crippen LogP contribution in [0.5, 0.6) is 0 Å². The number of carbonyl (C=O) groups excluding carboxylic acids is 1. The van der Waals surface area contributed by atoms with Gasteiger partial charge in [0.25, 0.3) is 0 Å². The van der Waals surface area contributed by atoms with Crippen LogP contribution in [0.15, 0.2) is 0 Å². The van der Waals surface area contributed by atoms with E-state index >= 15 is 0 Å². The molecule has 0 aromatic carbocycles. The van der Waals surface area contributed by atoms with Crippen LogP contribution in [0.25, 0.3) is 0 Å². The highest BCUT2D eigenvalue weighted by Crippen LogP contribution is 2.48. The molecule has 1 rings (SSSR count). The number of nitrogens with one attached hydrogen (secondary N) is 2. The minimum Gasteiger partial charge on any atom is -0.356 e. The quantitative estimate of drug-likeness (QED) is 0.601. The molecule has 0 bridgehead atoms. The number of hydrogen-bond acceptors (Lipinski definition) is 2. The monoisotopic (exact) mass is 212 g/mol. The maximum Gasteiger partial charge on any atom is 0.220 e. The molecule has 0 atom stereocenters. The van der Waals surface area contributed by atoms with Gasteiger partial charge in [-0.2, -0.15) is 0 Å². The Morgan fingerprint density at radius 2 is 2.13 bits per heavy atom. The van der Waals surface area contributed by atoms with E-state index in [1.165, 1.54) is 25.7 Å². The maximum atomic E-state index is 11.5. The fourth-order valence-electron chi connectivity index (χ4n) is 2.02. The first kappa shape index (κ1) is 12.5. The van der Waals surface area contributed by atoms with Gasteiger partial charge in [-0.15, -0.1) is 0 Å². The van der Waals surface area contributed by atoms with Gasteiger partial charge in [-0.3, -0.25) is 4.79 Å². The van der Waals surface area contributed by atoms with E-state index in [0.29, 0.717) is 11.8 Å². The van der Waals surface area contributed by atoms with Gasteiger partial charge in [0.05, 0.1) is 0 Å². The first-order valence-corrected chi connectivity index (χ1v) is 6.14. The van der Waals surface area contributed by atoms with Crippen molar-refractivity contribution in [2.45, 2.75) is 45.4 Å². The van der Waals surface area contributed by atoms with Crippen LogP contribution in [0.1, 0.15) is 45.4 Å². The summed E-state index contributed by atoms with van der Waals surface area (Å²) in [5, 5.41) is 6.11. The molecule has 15 heavy (non-hydrogen) atoms. The highest BCUT2D eigenvalue weighted by atomic mass is 16.1. The van der Waals surface area contributed by atoms with E-state index < -0.39 is 0 Å². The molecule has 0 aromatic rings. The van der Waals surface area contributed by atoms with Crippen LogP contribution in [-0.2, 0) is 4.79 Å². The van der Waals surface area contributed by atoms with E-state index in [1.807, 2.05) is 7.05 Å². The molecular weight excluding hydrogens is 188 g/mol. The Kier molecular flexibility index (Phi) is 5.09. The second kappa shape index (κ2) is 6.11. The first-order valence-electron chi connectivity index (χ1n) is 6.14. The lowest BCUT2D eigenvalue weighted by Crippen LogP contribution is -2.30. The van der Waals surface area contributed by atoms with Gasteiger partial charge >= 0.3 is 0 Å². The summed E-state index contributed by atoms with van der Waals surface area (Å²) in [6, 6.07) is 0. The molecule has 1 saturated carbocycles. The average Bonchev–Trinajstić information content (AvgIpc) is 2.97. The van der Waals surface area contributed by atoms with Crippen molar-refractivity contribution < 1.29 is 4.79 Å². The summed E-state index contributed by atoms with van der Waals surface area (Å²) in [5.41, 5.74) is 0.480. The van der Waals surface area contributed by atoms with Crippen molar-refractivity contribution in [3.05, 3.63) is 0 Å². The van der Waals surface area contributed by atoms with Crippen molar-refractivity contribution in [2.24, 2.45) is 5.41 Å². The highest BCUT2D eigenvalue weighted by Gasteiger charge is 2.41. The average molecular weight is 212 g/mol. The Hall–Kier alpha value is -0.570. The summed E-state index contributed by atoms with van der Waals surface area (Å²) >= 11 is 0. The lowest BCUT2D eigenvalue weighted by atomic mass is 10.0. The van der Waals surface area contributed by atoms with Crippen LogP contribution in [0.4, 0.5) is 0 Å². The van der Waals surface area contributed by atoms with Gasteiger partial charge in [-0.25, -0.2) is 0 Å². The van der Waals surface area contributed by atoms with Gasteiger partial charge in [0.2, 0.25) is 5.91 Å². The Morgan fingerprint density at radius 1 is 1.40 bits per heavy atom. The summed E-state index contributed by atoms with van der Waals surface area (Å²) in [4.78, 5) is 11.5. The molecule has 3 heteroatoms. The molecule has 0 heterocycles. The van der Waals surface area contributed by atoms with E-state index in [-0.39, 0.29) is 5.91 Å². The molecule has 0 unspecified atom stereocenters. The third-order valence-electron chi connectivity index (χ3n) is 3.23. The minimum absolute atomic E-state index is 0.215. The van der Waals surface area contributed by atoms with Crippen LogP contribution < -0.4 is 10.6 Å². The number of rotatable bonds is 8. The normalized spacial score (nSPS) is 17.5. The van der Waals surface area contributed by atoms with E-state index in [9.17, 15) is 4.79 Å². The van der Waals surface area contributed by atoms with E-state index in [4.69, 9.17) is 0 Å². The summed E-state index contributed by atoms with van der Waals surface area (Å²) < 4.78 is 0. The second-order valence-electron chi connectivity index (χ2n) is 4.73. The van der Waals surface area contributed by atoms with E-state index in [2.05, 4.69) is 17.6 Å². The van der Waals surface area contributed by atoms with Crippen LogP contribution >= 0.6 is 0 Å². The number of hydrogen-bond donors (Lipinski definition) is 2. The third kappa shape index (κ3) is 4.65. The Labute approximate surface area is 93.0 Å². The van der Waals surface area contributed by atoms with Gasteiger partial charge in [-0.05, 0) is 44.7 Å². The molecule has 0 radical (unpaired) electrons. The summed E-state index contributed by atoms with van der Waals surface area (Å²) in [7, 11) is 1.92. The zero-order valence-electron chi connectivity index (χ0n) is 10.1. The van der Waals surface area contributed by atoms with Gasteiger partial charge in [0.15, 0.2) is 0 Å². The van der Waals surface area contributed by atoms with Crippen LogP contribution in [0.2, 0.25) is 0 Å². The zero-order chi connectivity index (χ0) is 11.1. The Balaban J connectivity index is 2.06. The largest absolute Gasteiger partial charge is 0.356 e. The molecule has 0 saturated heterocycles. The summed E-state index contributed by atoms with van der Waals surface area (Å²) in [5.74, 6) is 0.215. The molecule has 1 aliphatic carbocycles. The number of amides is 1. The van der Waals surface area contributed by atoms with Gasteiger partial charge in [-0.1, -0.05) is 13.3 Å². The van der Waals surface area contributed by atoms with Crippen molar-refractivity contribution in [1.29, 1.82) is 0 Å². The molecule has 1 amide bonds. The maximum absolute atomic E-state index is 11.5. The van der Waals surface area contributed by atoms with Crippen LogP contribution in [-0.4, -0.2) is 26.0 Å². The van der Waals surface area contributed by atoms with Crippen molar-refractivity contribution >= 4 is 5.91 Å². The molecule has 1 aliphatic rings. The van der Waals surface area contributed by atoms with Crippen molar-refractivity contribution in [2.75, 3.05) is 20.1 Å². The highest BCUT2D eigenvalue weighted by molar-refractivity contribution is 5.75. The predicted octanol–water partition coefficient (Wildman–Crippen LogP) is 1.68. The Morgan fingerprint density at radius 3 is 2.67 bits per heavy atom. The molecule has 0 aromatic heterocycles. The van der Waals surface area contributed by atoms with Gasteiger partial charge < -0.3 is 10.6 Å². The van der Waals surface area contributed by atoms with Crippen molar-refractivity contribution in [3.63, 3.8) is 0 Å². The smallest absolute Gasteiger partial charge is 0.220 e. The van der Waals surface area contributed by atoms with Crippen LogP contribution in [0, 0.1) is 5.41 Å². The topological polar surface area (TPSA) is 41.1 Å². The second-order valence-corrected chi connectivity index (χ2v) is 4.73. The summed E-state index contributed by atoms with van der Waals surface area (Å²) in [6.45, 7) is 4.04. The molecule has 1 fully saturated rings. The minimum atomic E-state index is 0.215. The van der Waals surface area contributed by atoms with E-state index in [1.54, 1.807) is 0 Å². The lowest BCUT2D eigenvalue weighted by molar-refractivity contribution is -0.121. The fraction of sp³-hybridized carbons (Fsp3) is 0.917. The van der Waals surface area contributed by atoms with Gasteiger partial charge in [0.1, 0.15) is 0 Å². The lowest BCUT2D eigenvalue weighted by Gasteiger charge is -2.14. The molecule has 0 aliphatic heterocycles.